The number of aromatic nitrogens is 1. The van der Waals surface area contributed by atoms with Crippen LogP contribution in [0.4, 0.5) is 0 Å². The van der Waals surface area contributed by atoms with Gasteiger partial charge in [-0.15, -0.1) is 0 Å². The number of benzene rings is 5. The molecule has 0 aliphatic rings. The Kier molecular flexibility index (Phi) is 4.77. The molecule has 6 rings (SSSR count). The van der Waals surface area contributed by atoms with Crippen molar-refractivity contribution < 1.29 is 9.90 Å². The van der Waals surface area contributed by atoms with Crippen LogP contribution in [-0.4, -0.2) is 22.1 Å². The highest BCUT2D eigenvalue weighted by Crippen LogP contribution is 2.33. The van der Waals surface area contributed by atoms with Crippen molar-refractivity contribution in [3.05, 3.63) is 96.7 Å². The summed E-state index contributed by atoms with van der Waals surface area (Å²) in [6.07, 6.45) is 2.16. The zero-order valence-corrected chi connectivity index (χ0v) is 16.9. The zero-order chi connectivity index (χ0) is 21.4. The summed E-state index contributed by atoms with van der Waals surface area (Å²) in [5, 5.41) is 17.9. The molecule has 1 aromatic heterocycles. The lowest BCUT2D eigenvalue weighted by molar-refractivity contribution is -0.138. The average Bonchev–Trinajstić information content (AvgIpc) is 3.21. The normalized spacial score (nSPS) is 12.3. The number of carboxylic acid groups (broad SMARTS) is 1. The van der Waals surface area contributed by atoms with Gasteiger partial charge in [0.15, 0.2) is 0 Å². The molecule has 1 atom stereocenters. The second-order valence-corrected chi connectivity index (χ2v) is 7.80. The number of fused-ring (bicyclic) bond motifs is 1. The Bertz CT molecular complexity index is 1390. The molecule has 0 saturated carbocycles. The van der Waals surface area contributed by atoms with E-state index in [9.17, 15) is 4.79 Å². The molecular weight excluding hydrogens is 384 g/mol. The third kappa shape index (κ3) is 3.47. The second-order valence-electron chi connectivity index (χ2n) is 7.80. The molecule has 4 heteroatoms. The number of para-hydroxylation sites is 1. The van der Waals surface area contributed by atoms with E-state index < -0.39 is 12.0 Å². The fourth-order valence-corrected chi connectivity index (χ4v) is 4.29. The van der Waals surface area contributed by atoms with Crippen molar-refractivity contribution >= 4 is 49.2 Å². The Hall–Kier alpha value is -3.89. The predicted octanol–water partition coefficient (Wildman–Crippen LogP) is 5.71. The number of nitrogens with two attached hydrogens (primary N) is 1. The van der Waals surface area contributed by atoms with Gasteiger partial charge in [-0.05, 0) is 43.9 Å². The Balaban J connectivity index is 0.000000132. The van der Waals surface area contributed by atoms with Crippen LogP contribution in [0.1, 0.15) is 5.56 Å². The van der Waals surface area contributed by atoms with Gasteiger partial charge < -0.3 is 15.8 Å². The summed E-state index contributed by atoms with van der Waals surface area (Å²) in [5.41, 5.74) is 7.43. The Morgan fingerprint density at radius 3 is 1.81 bits per heavy atom. The van der Waals surface area contributed by atoms with Crippen LogP contribution in [0, 0.1) is 0 Å². The van der Waals surface area contributed by atoms with Gasteiger partial charge in [0, 0.05) is 23.5 Å². The SMILES string of the molecule is N[C@@H](Cc1c[nH]c2ccccc12)C(=O)O.c1cc2ccc3cccc4ccc(c1)c2c34. The number of carbonyl (C=O) groups is 1. The van der Waals surface area contributed by atoms with Gasteiger partial charge in [0.25, 0.3) is 0 Å². The van der Waals surface area contributed by atoms with E-state index in [4.69, 9.17) is 10.8 Å². The lowest BCUT2D eigenvalue weighted by Crippen LogP contribution is -2.32. The molecular formula is C27H22N2O2. The van der Waals surface area contributed by atoms with Crippen LogP contribution in [0.25, 0.3) is 43.2 Å². The van der Waals surface area contributed by atoms with Crippen LogP contribution in [0.15, 0.2) is 91.1 Å². The average molecular weight is 406 g/mol. The number of H-pyrrole nitrogens is 1. The molecule has 0 spiro atoms. The van der Waals surface area contributed by atoms with E-state index in [2.05, 4.69) is 65.6 Å². The van der Waals surface area contributed by atoms with E-state index in [0.29, 0.717) is 6.42 Å². The number of nitrogens with one attached hydrogen (secondary N) is 1. The van der Waals surface area contributed by atoms with Crippen LogP contribution in [0.3, 0.4) is 0 Å². The molecule has 4 N–H and O–H groups in total. The quantitative estimate of drug-likeness (QED) is 0.330. The lowest BCUT2D eigenvalue weighted by atomic mass is 9.95. The number of rotatable bonds is 3. The van der Waals surface area contributed by atoms with E-state index in [1.54, 1.807) is 0 Å². The van der Waals surface area contributed by atoms with Crippen molar-refractivity contribution in [3.8, 4) is 0 Å². The molecule has 0 bridgehead atoms. The number of carboxylic acids is 1. The summed E-state index contributed by atoms with van der Waals surface area (Å²) >= 11 is 0. The predicted molar refractivity (Wildman–Crippen MR) is 128 cm³/mol. The second kappa shape index (κ2) is 7.74. The molecule has 1 heterocycles. The molecule has 0 fully saturated rings. The van der Waals surface area contributed by atoms with Crippen molar-refractivity contribution in [2.45, 2.75) is 12.5 Å². The molecule has 4 nitrogen and oxygen atoms in total. The number of aromatic amines is 1. The third-order valence-corrected chi connectivity index (χ3v) is 5.82. The maximum absolute atomic E-state index is 10.6. The van der Waals surface area contributed by atoms with Crippen molar-refractivity contribution in [1.29, 1.82) is 0 Å². The number of hydrogen-bond acceptors (Lipinski definition) is 2. The fourth-order valence-electron chi connectivity index (χ4n) is 4.29. The first-order chi connectivity index (χ1) is 15.1. The van der Waals surface area contributed by atoms with Gasteiger partial charge in [-0.3, -0.25) is 4.79 Å². The summed E-state index contributed by atoms with van der Waals surface area (Å²) in [5.74, 6) is -0.972. The van der Waals surface area contributed by atoms with E-state index in [-0.39, 0.29) is 0 Å². The van der Waals surface area contributed by atoms with Crippen LogP contribution in [-0.2, 0) is 11.2 Å². The van der Waals surface area contributed by atoms with E-state index in [1.165, 1.54) is 32.3 Å². The van der Waals surface area contributed by atoms with Gasteiger partial charge in [-0.25, -0.2) is 0 Å². The van der Waals surface area contributed by atoms with Crippen LogP contribution in [0.5, 0.6) is 0 Å². The van der Waals surface area contributed by atoms with Crippen molar-refractivity contribution in [3.63, 3.8) is 0 Å². The van der Waals surface area contributed by atoms with Crippen molar-refractivity contribution in [2.24, 2.45) is 5.73 Å². The summed E-state index contributed by atoms with van der Waals surface area (Å²) in [6, 6.07) is 28.8. The number of hydrogen-bond donors (Lipinski definition) is 3. The van der Waals surface area contributed by atoms with Crippen LogP contribution >= 0.6 is 0 Å². The molecule has 0 unspecified atom stereocenters. The lowest BCUT2D eigenvalue weighted by Gasteiger charge is -2.09. The maximum atomic E-state index is 10.6. The van der Waals surface area contributed by atoms with Gasteiger partial charge in [0.1, 0.15) is 6.04 Å². The van der Waals surface area contributed by atoms with E-state index in [1.807, 2.05) is 30.5 Å². The molecule has 152 valence electrons. The minimum atomic E-state index is -0.972. The van der Waals surface area contributed by atoms with Gasteiger partial charge in [0.05, 0.1) is 0 Å². The van der Waals surface area contributed by atoms with Gasteiger partial charge >= 0.3 is 5.97 Å². The van der Waals surface area contributed by atoms with Gasteiger partial charge in [0.2, 0.25) is 0 Å². The third-order valence-electron chi connectivity index (χ3n) is 5.82. The topological polar surface area (TPSA) is 79.1 Å². The molecule has 31 heavy (non-hydrogen) atoms. The Labute approximate surface area is 179 Å². The highest BCUT2D eigenvalue weighted by molar-refractivity contribution is 6.22. The first-order valence-electron chi connectivity index (χ1n) is 10.3. The van der Waals surface area contributed by atoms with Crippen LogP contribution < -0.4 is 5.73 Å². The Morgan fingerprint density at radius 2 is 1.29 bits per heavy atom. The van der Waals surface area contributed by atoms with Gasteiger partial charge in [-0.1, -0.05) is 78.9 Å². The van der Waals surface area contributed by atoms with Crippen molar-refractivity contribution in [1.82, 2.24) is 4.98 Å². The smallest absolute Gasteiger partial charge is 0.320 e. The first kappa shape index (κ1) is 19.1. The molecule has 0 saturated heterocycles. The standard InChI is InChI=1S/C16H10.C11H12N2O2/c1-3-11-7-9-13-5-2-6-14-10-8-12(4-1)15(11)16(13)14;12-9(11(14)15)5-7-6-13-10-4-2-1-3-8(7)10/h1-10H;1-4,6,9,13H,5,12H2,(H,14,15)/t;9-/m.0/s1. The first-order valence-corrected chi connectivity index (χ1v) is 10.3. The summed E-state index contributed by atoms with van der Waals surface area (Å²) in [6.45, 7) is 0. The van der Waals surface area contributed by atoms with Crippen molar-refractivity contribution in [2.75, 3.05) is 0 Å². The minimum absolute atomic E-state index is 0.347. The highest BCUT2D eigenvalue weighted by Gasteiger charge is 2.14. The largest absolute Gasteiger partial charge is 0.480 e. The zero-order valence-electron chi connectivity index (χ0n) is 16.9. The van der Waals surface area contributed by atoms with Gasteiger partial charge in [-0.2, -0.15) is 0 Å². The highest BCUT2D eigenvalue weighted by atomic mass is 16.4. The fraction of sp³-hybridized carbons (Fsp3) is 0.0741. The molecule has 5 aromatic carbocycles. The monoisotopic (exact) mass is 406 g/mol. The minimum Gasteiger partial charge on any atom is -0.480 e. The molecule has 6 aromatic rings. The molecule has 0 radical (unpaired) electrons. The van der Waals surface area contributed by atoms with Crippen LogP contribution in [0.2, 0.25) is 0 Å². The summed E-state index contributed by atoms with van der Waals surface area (Å²) < 4.78 is 0. The summed E-state index contributed by atoms with van der Waals surface area (Å²) in [4.78, 5) is 13.7. The Morgan fingerprint density at radius 1 is 0.774 bits per heavy atom. The molecule has 0 aliphatic carbocycles. The van der Waals surface area contributed by atoms with E-state index in [0.717, 1.165) is 16.5 Å². The molecule has 0 aliphatic heterocycles. The number of aliphatic carboxylic acids is 1. The maximum Gasteiger partial charge on any atom is 0.320 e. The molecule has 0 amide bonds. The summed E-state index contributed by atoms with van der Waals surface area (Å²) in [7, 11) is 0. The van der Waals surface area contributed by atoms with E-state index >= 15 is 0 Å².